The summed E-state index contributed by atoms with van der Waals surface area (Å²) in [4.78, 5) is 0. The number of hydrogen-bond acceptors (Lipinski definition) is 0. The number of alkyl halides is 3. The van der Waals surface area contributed by atoms with Crippen LogP contribution in [0.3, 0.4) is 0 Å². The van der Waals surface area contributed by atoms with E-state index < -0.39 is 24.9 Å². The van der Waals surface area contributed by atoms with Crippen molar-refractivity contribution in [3.8, 4) is 0 Å². The molecule has 1 aliphatic rings. The average Bonchev–Trinajstić information content (AvgIpc) is 1.84. The van der Waals surface area contributed by atoms with Crippen LogP contribution in [0.15, 0.2) is 0 Å². The monoisotopic (exact) mass is 182 g/mol. The van der Waals surface area contributed by atoms with Gasteiger partial charge in [0, 0.05) is 0 Å². The van der Waals surface area contributed by atoms with E-state index in [9.17, 15) is 26.0 Å². The molecule has 1 heterocycles. The van der Waals surface area contributed by atoms with Gasteiger partial charge >= 0.3 is 5.92 Å². The predicted molar refractivity (Wildman–Crippen MR) is 25.1 cm³/mol. The largest absolute Gasteiger partial charge is 0.343 e. The highest BCUT2D eigenvalue weighted by atomic mass is 31.2. The molecule has 0 nitrogen and oxygen atoms in total. The minimum Gasteiger partial charge on any atom is -0.229 e. The zero-order chi connectivity index (χ0) is 8.15. The molecule has 0 bridgehead atoms. The van der Waals surface area contributed by atoms with Gasteiger partial charge in [0.1, 0.15) is 0 Å². The van der Waals surface area contributed by atoms with E-state index in [0.717, 1.165) is 0 Å². The maximum Gasteiger partial charge on any atom is 0.343 e. The highest BCUT2D eigenvalue weighted by molar-refractivity contribution is 7.69. The number of hydrogen-bond donors (Lipinski definition) is 0. The Kier molecular flexibility index (Phi) is 1.38. The van der Waals surface area contributed by atoms with Crippen LogP contribution >= 0.6 is 7.51 Å². The Labute approximate surface area is 52.0 Å². The third-order valence-electron chi connectivity index (χ3n) is 1.12. The Bertz CT molecular complexity index is 213. The maximum atomic E-state index is 11.7. The van der Waals surface area contributed by atoms with Gasteiger partial charge in [-0.1, -0.05) is 0 Å². The highest BCUT2D eigenvalue weighted by Crippen LogP contribution is 2.71. The molecule has 10 heavy (non-hydrogen) atoms. The van der Waals surface area contributed by atoms with Crippen molar-refractivity contribution in [3.63, 3.8) is 0 Å². The van der Waals surface area contributed by atoms with Crippen molar-refractivity contribution in [2.45, 2.75) is 11.8 Å². The first-order chi connectivity index (χ1) is 4.31. The van der Waals surface area contributed by atoms with Gasteiger partial charge in [-0.25, -0.2) is 4.39 Å². The minimum absolute atomic E-state index is 2.77. The smallest absolute Gasteiger partial charge is 0.229 e. The van der Waals surface area contributed by atoms with Crippen LogP contribution in [0.4, 0.5) is 26.0 Å². The molecule has 1 atom stereocenters. The van der Waals surface area contributed by atoms with Crippen LogP contribution in [0, 0.1) is 0 Å². The van der Waals surface area contributed by atoms with Crippen LogP contribution < -0.4 is 0 Å². The summed E-state index contributed by atoms with van der Waals surface area (Å²) in [5.41, 5.74) is -2.77. The van der Waals surface area contributed by atoms with Crippen molar-refractivity contribution in [1.82, 2.24) is 0 Å². The second kappa shape index (κ2) is 1.72. The topological polar surface area (TPSA) is 0 Å². The lowest BCUT2D eigenvalue weighted by molar-refractivity contribution is 0.00649. The van der Waals surface area contributed by atoms with Crippen molar-refractivity contribution in [2.75, 3.05) is 0 Å². The summed E-state index contributed by atoms with van der Waals surface area (Å²) in [5, 5.41) is 0. The molecular formula is C3HF6P. The molecule has 0 fully saturated rings. The fourth-order valence-corrected chi connectivity index (χ4v) is 1.56. The Hall–Kier alpha value is -0.120. The van der Waals surface area contributed by atoms with Gasteiger partial charge in [-0.05, 0) is 0 Å². The van der Waals surface area contributed by atoms with Crippen LogP contribution in [0.2, 0.25) is 0 Å². The molecule has 0 saturated heterocycles. The highest BCUT2D eigenvalue weighted by Gasteiger charge is 2.68. The molecule has 1 rings (SSSR count). The van der Waals surface area contributed by atoms with Gasteiger partial charge in [0.15, 0.2) is 0 Å². The first-order valence-electron chi connectivity index (χ1n) is 2.14. The lowest BCUT2D eigenvalue weighted by Gasteiger charge is -2.31. The molecule has 7 heteroatoms. The fourth-order valence-electron chi connectivity index (χ4n) is 0.534. The molecule has 60 valence electrons. The summed E-state index contributed by atoms with van der Waals surface area (Å²) in [6, 6.07) is 0. The zero-order valence-corrected chi connectivity index (χ0v) is 5.19. The molecule has 0 N–H and O–H groups in total. The zero-order valence-electron chi connectivity index (χ0n) is 4.29. The van der Waals surface area contributed by atoms with Crippen LogP contribution in [0.25, 0.3) is 0 Å². The summed E-state index contributed by atoms with van der Waals surface area (Å²) in [6.07, 6.45) is 0. The van der Waals surface area contributed by atoms with Crippen LogP contribution in [-0.4, -0.2) is 17.4 Å². The van der Waals surface area contributed by atoms with E-state index in [1.165, 1.54) is 0 Å². The standard InChI is InChI=1S/C3HF6P/c4-1-3(6,7)2(5)10(1,8)9/h1H. The van der Waals surface area contributed by atoms with Crippen LogP contribution in [0.5, 0.6) is 0 Å². The number of rotatable bonds is 0. The first kappa shape index (κ1) is 7.98. The predicted octanol–water partition coefficient (Wildman–Crippen LogP) is 2.82. The maximum absolute atomic E-state index is 11.7. The van der Waals surface area contributed by atoms with Gasteiger partial charge in [-0.3, -0.25) is 0 Å². The van der Waals surface area contributed by atoms with E-state index in [1.807, 2.05) is 0 Å². The Morgan fingerprint density at radius 2 is 1.70 bits per heavy atom. The molecule has 1 aliphatic heterocycles. The van der Waals surface area contributed by atoms with Crippen LogP contribution in [0.1, 0.15) is 0 Å². The van der Waals surface area contributed by atoms with Gasteiger partial charge in [0.25, 0.3) is 7.51 Å². The lowest BCUT2D eigenvalue weighted by Crippen LogP contribution is -2.44. The van der Waals surface area contributed by atoms with Crippen molar-refractivity contribution in [1.29, 1.82) is 0 Å². The third-order valence-corrected chi connectivity index (χ3v) is 2.84. The van der Waals surface area contributed by atoms with Gasteiger partial charge < -0.3 is 0 Å². The van der Waals surface area contributed by atoms with E-state index in [0.29, 0.717) is 0 Å². The summed E-state index contributed by atoms with van der Waals surface area (Å²) in [6.45, 7) is 0. The SMILES string of the molecule is FC1=P(F)(F)C(F)C1(F)F. The normalized spacial score (nSPS) is 35.4. The minimum atomic E-state index is -5.69. The van der Waals surface area contributed by atoms with Crippen molar-refractivity contribution >= 4 is 13.1 Å². The molecule has 0 radical (unpaired) electrons. The summed E-state index contributed by atoms with van der Waals surface area (Å²) in [5.74, 6) is -8.14. The van der Waals surface area contributed by atoms with Gasteiger partial charge in [0.2, 0.25) is 11.5 Å². The van der Waals surface area contributed by atoms with E-state index >= 15 is 0 Å². The van der Waals surface area contributed by atoms with Gasteiger partial charge in [-0.15, -0.1) is 0 Å². The summed E-state index contributed by atoms with van der Waals surface area (Å²) in [7, 11) is -5.69. The first-order valence-corrected chi connectivity index (χ1v) is 3.78. The van der Waals surface area contributed by atoms with Crippen molar-refractivity contribution in [2.24, 2.45) is 0 Å². The molecule has 0 amide bonds. The Balaban J connectivity index is 3.12. The quantitative estimate of drug-likeness (QED) is 0.399. The molecule has 1 unspecified atom stereocenters. The van der Waals surface area contributed by atoms with Crippen molar-refractivity contribution in [3.05, 3.63) is 0 Å². The molecule has 0 aromatic rings. The third kappa shape index (κ3) is 0.654. The van der Waals surface area contributed by atoms with Gasteiger partial charge in [-0.2, -0.15) is 21.6 Å². The number of halogens is 6. The second-order valence-corrected chi connectivity index (χ2v) is 3.77. The van der Waals surface area contributed by atoms with E-state index in [2.05, 4.69) is 0 Å². The molecular weight excluding hydrogens is 181 g/mol. The summed E-state index contributed by atoms with van der Waals surface area (Å²) >= 11 is 0. The average molecular weight is 182 g/mol. The Morgan fingerprint density at radius 1 is 1.30 bits per heavy atom. The molecule has 0 spiro atoms. The summed E-state index contributed by atoms with van der Waals surface area (Å²) < 4.78 is 69.7. The molecule has 0 aromatic carbocycles. The van der Waals surface area contributed by atoms with E-state index in [1.54, 1.807) is 0 Å². The van der Waals surface area contributed by atoms with E-state index in [4.69, 9.17) is 0 Å². The van der Waals surface area contributed by atoms with Gasteiger partial charge in [0.05, 0.1) is 0 Å². The van der Waals surface area contributed by atoms with Crippen LogP contribution in [-0.2, 0) is 0 Å². The second-order valence-electron chi connectivity index (χ2n) is 1.81. The lowest BCUT2D eigenvalue weighted by atomic mass is 10.4. The van der Waals surface area contributed by atoms with E-state index in [-0.39, 0.29) is 0 Å². The van der Waals surface area contributed by atoms with Crippen molar-refractivity contribution < 1.29 is 26.0 Å². The Morgan fingerprint density at radius 3 is 1.80 bits per heavy atom. The molecule has 0 aliphatic carbocycles. The molecule has 0 saturated carbocycles. The molecule has 0 aromatic heterocycles. The fraction of sp³-hybridized carbons (Fsp3) is 0.667.